The average molecular weight is 283 g/mol. The molecule has 1 aliphatic heterocycles. The number of benzene rings is 2. The van der Waals surface area contributed by atoms with Gasteiger partial charge in [0.15, 0.2) is 0 Å². The van der Waals surface area contributed by atoms with Gasteiger partial charge in [0.2, 0.25) is 0 Å². The largest absolute Gasteiger partial charge is 0.496 e. The van der Waals surface area contributed by atoms with Crippen molar-refractivity contribution in [1.82, 2.24) is 0 Å². The highest BCUT2D eigenvalue weighted by Crippen LogP contribution is 2.40. The molecule has 110 valence electrons. The number of aliphatic hydroxyl groups is 1. The smallest absolute Gasteiger partial charge is 0.126 e. The molecule has 0 saturated heterocycles. The number of para-hydroxylation sites is 1. The summed E-state index contributed by atoms with van der Waals surface area (Å²) in [7, 11) is 1.65. The molecule has 0 aliphatic carbocycles. The van der Waals surface area contributed by atoms with E-state index in [0.29, 0.717) is 0 Å². The second kappa shape index (κ2) is 5.78. The van der Waals surface area contributed by atoms with Gasteiger partial charge in [0.25, 0.3) is 0 Å². The monoisotopic (exact) mass is 283 g/mol. The summed E-state index contributed by atoms with van der Waals surface area (Å²) in [6, 6.07) is 14.4. The maximum absolute atomic E-state index is 10.2. The highest BCUT2D eigenvalue weighted by atomic mass is 16.5. The lowest BCUT2D eigenvalue weighted by molar-refractivity contribution is 0.195. The SMILES string of the molecule is COc1cccc(N2CCCc3ccccc32)c1[C@H](C)O. The molecule has 1 heterocycles. The number of ether oxygens (including phenoxy) is 1. The van der Waals surface area contributed by atoms with Gasteiger partial charge in [-0.3, -0.25) is 0 Å². The first-order valence-corrected chi connectivity index (χ1v) is 7.42. The number of hydrogen-bond acceptors (Lipinski definition) is 3. The Hall–Kier alpha value is -2.00. The van der Waals surface area contributed by atoms with E-state index < -0.39 is 6.10 Å². The molecule has 2 aromatic carbocycles. The molecule has 1 atom stereocenters. The summed E-state index contributed by atoms with van der Waals surface area (Å²) in [6.45, 7) is 2.75. The van der Waals surface area contributed by atoms with Crippen LogP contribution in [0, 0.1) is 0 Å². The first-order valence-electron chi connectivity index (χ1n) is 7.42. The topological polar surface area (TPSA) is 32.7 Å². The maximum atomic E-state index is 10.2. The summed E-state index contributed by atoms with van der Waals surface area (Å²) in [5.74, 6) is 0.741. The van der Waals surface area contributed by atoms with Crippen LogP contribution < -0.4 is 9.64 Å². The predicted octanol–water partition coefficient (Wildman–Crippen LogP) is 3.83. The molecule has 21 heavy (non-hydrogen) atoms. The van der Waals surface area contributed by atoms with Crippen LogP contribution in [-0.4, -0.2) is 18.8 Å². The number of anilines is 2. The van der Waals surface area contributed by atoms with Crippen molar-refractivity contribution in [2.75, 3.05) is 18.6 Å². The Bertz CT molecular complexity index is 637. The van der Waals surface area contributed by atoms with Crippen molar-refractivity contribution in [1.29, 1.82) is 0 Å². The molecular weight excluding hydrogens is 262 g/mol. The van der Waals surface area contributed by atoms with E-state index in [0.717, 1.165) is 36.4 Å². The van der Waals surface area contributed by atoms with Crippen LogP contribution in [0.25, 0.3) is 0 Å². The molecule has 0 saturated carbocycles. The second-order valence-corrected chi connectivity index (χ2v) is 5.45. The van der Waals surface area contributed by atoms with Gasteiger partial charge in [-0.05, 0) is 43.5 Å². The van der Waals surface area contributed by atoms with E-state index in [1.807, 2.05) is 12.1 Å². The summed E-state index contributed by atoms with van der Waals surface area (Å²) < 4.78 is 5.44. The van der Waals surface area contributed by atoms with Gasteiger partial charge in [-0.1, -0.05) is 24.3 Å². The summed E-state index contributed by atoms with van der Waals surface area (Å²) in [5, 5.41) is 10.2. The molecule has 0 radical (unpaired) electrons. The van der Waals surface area contributed by atoms with Gasteiger partial charge in [0.1, 0.15) is 5.75 Å². The Labute approximate surface area is 125 Å². The third-order valence-corrected chi connectivity index (χ3v) is 4.08. The molecule has 0 bridgehead atoms. The normalized spacial score (nSPS) is 15.5. The van der Waals surface area contributed by atoms with Crippen LogP contribution in [-0.2, 0) is 6.42 Å². The molecule has 3 nitrogen and oxygen atoms in total. The fourth-order valence-corrected chi connectivity index (χ4v) is 3.15. The molecular formula is C18H21NO2. The molecule has 3 rings (SSSR count). The first kappa shape index (κ1) is 14.0. The Kier molecular flexibility index (Phi) is 3.84. The van der Waals surface area contributed by atoms with E-state index in [2.05, 4.69) is 35.2 Å². The number of aryl methyl sites for hydroxylation is 1. The minimum absolute atomic E-state index is 0.565. The van der Waals surface area contributed by atoms with E-state index in [4.69, 9.17) is 4.74 Å². The lowest BCUT2D eigenvalue weighted by Gasteiger charge is -2.33. The molecule has 0 fully saturated rings. The van der Waals surface area contributed by atoms with Crippen molar-refractivity contribution < 1.29 is 9.84 Å². The predicted molar refractivity (Wildman–Crippen MR) is 85.4 cm³/mol. The number of rotatable bonds is 3. The fourth-order valence-electron chi connectivity index (χ4n) is 3.15. The highest BCUT2D eigenvalue weighted by molar-refractivity contribution is 5.72. The van der Waals surface area contributed by atoms with Crippen LogP contribution in [0.15, 0.2) is 42.5 Å². The standard InChI is InChI=1S/C18H21NO2/c1-13(20)18-16(10-5-11-17(18)21-2)19-12-6-8-14-7-3-4-9-15(14)19/h3-5,7,9-11,13,20H,6,8,12H2,1-2H3/t13-/m0/s1. The molecule has 2 aromatic rings. The third kappa shape index (κ3) is 2.49. The third-order valence-electron chi connectivity index (χ3n) is 4.08. The summed E-state index contributed by atoms with van der Waals surface area (Å²) in [5.41, 5.74) is 4.50. The van der Waals surface area contributed by atoms with E-state index in [1.54, 1.807) is 14.0 Å². The number of methoxy groups -OCH3 is 1. The number of aliphatic hydroxyl groups excluding tert-OH is 1. The maximum Gasteiger partial charge on any atom is 0.126 e. The highest BCUT2D eigenvalue weighted by Gasteiger charge is 2.23. The van der Waals surface area contributed by atoms with Crippen molar-refractivity contribution >= 4 is 11.4 Å². The molecule has 1 N–H and O–H groups in total. The number of hydrogen-bond donors (Lipinski definition) is 1. The van der Waals surface area contributed by atoms with Crippen LogP contribution in [0.2, 0.25) is 0 Å². The van der Waals surface area contributed by atoms with Crippen molar-refractivity contribution in [2.45, 2.75) is 25.9 Å². The summed E-state index contributed by atoms with van der Waals surface area (Å²) in [4.78, 5) is 2.30. The second-order valence-electron chi connectivity index (χ2n) is 5.45. The molecule has 0 spiro atoms. The van der Waals surface area contributed by atoms with Crippen LogP contribution in [0.4, 0.5) is 11.4 Å². The molecule has 3 heteroatoms. The number of nitrogens with zero attached hydrogens (tertiary/aromatic N) is 1. The Morgan fingerprint density at radius 3 is 2.62 bits per heavy atom. The minimum Gasteiger partial charge on any atom is -0.496 e. The molecule has 1 aliphatic rings. The van der Waals surface area contributed by atoms with E-state index in [1.165, 1.54) is 11.3 Å². The fraction of sp³-hybridized carbons (Fsp3) is 0.333. The van der Waals surface area contributed by atoms with Gasteiger partial charge in [-0.15, -0.1) is 0 Å². The van der Waals surface area contributed by atoms with Crippen molar-refractivity contribution in [3.63, 3.8) is 0 Å². The zero-order valence-electron chi connectivity index (χ0n) is 12.5. The van der Waals surface area contributed by atoms with Gasteiger partial charge < -0.3 is 14.7 Å². The van der Waals surface area contributed by atoms with Crippen LogP contribution >= 0.6 is 0 Å². The number of fused-ring (bicyclic) bond motifs is 1. The van der Waals surface area contributed by atoms with Crippen LogP contribution in [0.1, 0.15) is 30.6 Å². The Morgan fingerprint density at radius 1 is 1.10 bits per heavy atom. The summed E-state index contributed by atoms with van der Waals surface area (Å²) in [6.07, 6.45) is 1.67. The quantitative estimate of drug-likeness (QED) is 0.929. The lowest BCUT2D eigenvalue weighted by Crippen LogP contribution is -2.25. The molecule has 0 aromatic heterocycles. The zero-order chi connectivity index (χ0) is 14.8. The van der Waals surface area contributed by atoms with Crippen molar-refractivity contribution in [3.8, 4) is 5.75 Å². The van der Waals surface area contributed by atoms with Gasteiger partial charge >= 0.3 is 0 Å². The van der Waals surface area contributed by atoms with Gasteiger partial charge in [0, 0.05) is 17.8 Å². The van der Waals surface area contributed by atoms with E-state index in [9.17, 15) is 5.11 Å². The van der Waals surface area contributed by atoms with Crippen molar-refractivity contribution in [3.05, 3.63) is 53.6 Å². The van der Waals surface area contributed by atoms with Crippen molar-refractivity contribution in [2.24, 2.45) is 0 Å². The van der Waals surface area contributed by atoms with Crippen LogP contribution in [0.5, 0.6) is 5.75 Å². The van der Waals surface area contributed by atoms with Crippen LogP contribution in [0.3, 0.4) is 0 Å². The van der Waals surface area contributed by atoms with Gasteiger partial charge in [-0.2, -0.15) is 0 Å². The molecule has 0 amide bonds. The Morgan fingerprint density at radius 2 is 1.86 bits per heavy atom. The molecule has 0 unspecified atom stereocenters. The summed E-state index contributed by atoms with van der Waals surface area (Å²) >= 11 is 0. The average Bonchev–Trinajstić information content (AvgIpc) is 2.53. The van der Waals surface area contributed by atoms with E-state index in [-0.39, 0.29) is 0 Å². The van der Waals surface area contributed by atoms with Gasteiger partial charge in [0.05, 0.1) is 18.9 Å². The first-order chi connectivity index (χ1) is 10.2. The van der Waals surface area contributed by atoms with E-state index >= 15 is 0 Å². The Balaban J connectivity index is 2.14. The zero-order valence-corrected chi connectivity index (χ0v) is 12.5. The minimum atomic E-state index is -0.565. The van der Waals surface area contributed by atoms with Gasteiger partial charge in [-0.25, -0.2) is 0 Å². The lowest BCUT2D eigenvalue weighted by atomic mass is 9.98.